The van der Waals surface area contributed by atoms with Gasteiger partial charge in [0.1, 0.15) is 5.75 Å². The number of hydrogen-bond acceptors (Lipinski definition) is 4. The number of primary amides is 1. The molecule has 6 heteroatoms. The van der Waals surface area contributed by atoms with Crippen molar-refractivity contribution in [3.8, 4) is 5.75 Å². The molecule has 5 nitrogen and oxygen atoms in total. The molecular weight excluding hydrogens is 362 g/mol. The second-order valence-corrected chi connectivity index (χ2v) is 8.97. The second kappa shape index (κ2) is 8.38. The average molecular weight is 392 g/mol. The van der Waals surface area contributed by atoms with Crippen LogP contribution in [0.1, 0.15) is 37.7 Å². The van der Waals surface area contributed by atoms with Gasteiger partial charge >= 0.3 is 0 Å². The third-order valence-electron chi connectivity index (χ3n) is 6.39. The Balaban J connectivity index is 1.36. The fourth-order valence-corrected chi connectivity index (χ4v) is 5.06. The van der Waals surface area contributed by atoms with E-state index in [0.29, 0.717) is 16.8 Å². The monoisotopic (exact) mass is 391 g/mol. The first-order chi connectivity index (χ1) is 13.1. The first-order valence-corrected chi connectivity index (χ1v) is 10.6. The number of ether oxygens (including phenoxy) is 1. The number of amides is 1. The Morgan fingerprint density at radius 3 is 2.74 bits per heavy atom. The van der Waals surface area contributed by atoms with E-state index in [0.717, 1.165) is 24.9 Å². The van der Waals surface area contributed by atoms with Crippen molar-refractivity contribution in [3.05, 3.63) is 28.8 Å². The Hall–Kier alpha value is -1.30. The summed E-state index contributed by atoms with van der Waals surface area (Å²) in [5.41, 5.74) is 6.32. The Morgan fingerprint density at radius 2 is 2.04 bits per heavy atom. The molecule has 0 aromatic heterocycles. The summed E-state index contributed by atoms with van der Waals surface area (Å²) in [6, 6.07) is 6.55. The van der Waals surface area contributed by atoms with Crippen molar-refractivity contribution < 1.29 is 9.53 Å². The molecule has 1 aromatic rings. The highest BCUT2D eigenvalue weighted by Gasteiger charge is 2.36. The lowest BCUT2D eigenvalue weighted by atomic mass is 9.83. The van der Waals surface area contributed by atoms with Gasteiger partial charge in [-0.25, -0.2) is 0 Å². The van der Waals surface area contributed by atoms with Gasteiger partial charge in [0.15, 0.2) is 6.61 Å². The number of carbonyl (C=O) groups excluding carboxylic acids is 1. The number of nitrogens with two attached hydrogens (primary N) is 1. The minimum absolute atomic E-state index is 0.147. The maximum absolute atomic E-state index is 10.9. The first kappa shape index (κ1) is 19.0. The van der Waals surface area contributed by atoms with Crippen molar-refractivity contribution in [1.82, 2.24) is 9.80 Å². The summed E-state index contributed by atoms with van der Waals surface area (Å²) in [5, 5.41) is 0.540. The van der Waals surface area contributed by atoms with E-state index < -0.39 is 5.91 Å². The number of carbonyl (C=O) groups is 1. The molecular formula is C21H30ClN3O2. The second-order valence-electron chi connectivity index (χ2n) is 8.56. The zero-order chi connectivity index (χ0) is 18.8. The molecule has 2 bridgehead atoms. The maximum Gasteiger partial charge on any atom is 0.255 e. The summed E-state index contributed by atoms with van der Waals surface area (Å²) in [6.45, 7) is 5.69. The minimum Gasteiger partial charge on any atom is -0.482 e. The summed E-state index contributed by atoms with van der Waals surface area (Å²) in [6.07, 6.45) is 7.00. The van der Waals surface area contributed by atoms with E-state index >= 15 is 0 Å². The van der Waals surface area contributed by atoms with Crippen molar-refractivity contribution >= 4 is 17.5 Å². The fourth-order valence-electron chi connectivity index (χ4n) is 4.80. The zero-order valence-corrected chi connectivity index (χ0v) is 16.7. The predicted octanol–water partition coefficient (Wildman–Crippen LogP) is 2.90. The van der Waals surface area contributed by atoms with Gasteiger partial charge in [-0.3, -0.25) is 14.6 Å². The van der Waals surface area contributed by atoms with Crippen LogP contribution in [0.2, 0.25) is 5.02 Å². The fraction of sp³-hybridized carbons (Fsp3) is 0.667. The van der Waals surface area contributed by atoms with E-state index in [1.165, 1.54) is 57.3 Å². The SMILES string of the molecule is NC(=O)COc1ccc(CN2C[C@H]3CC[C@@H](C2)N(CC2CCC2)C3)cc1Cl. The van der Waals surface area contributed by atoms with Gasteiger partial charge in [-0.15, -0.1) is 0 Å². The lowest BCUT2D eigenvalue weighted by molar-refractivity contribution is -0.119. The molecule has 148 valence electrons. The molecule has 4 fully saturated rings. The van der Waals surface area contributed by atoms with Crippen LogP contribution in [0.15, 0.2) is 18.2 Å². The Labute approximate surface area is 166 Å². The van der Waals surface area contributed by atoms with Gasteiger partial charge in [0.2, 0.25) is 0 Å². The Bertz CT molecular complexity index is 679. The Morgan fingerprint density at radius 1 is 1.19 bits per heavy atom. The number of hydrogen-bond donors (Lipinski definition) is 1. The van der Waals surface area contributed by atoms with Crippen LogP contribution in [0.4, 0.5) is 0 Å². The van der Waals surface area contributed by atoms with Crippen molar-refractivity contribution in [3.63, 3.8) is 0 Å². The highest BCUT2D eigenvalue weighted by Crippen LogP contribution is 2.34. The summed E-state index contributed by atoms with van der Waals surface area (Å²) in [5.74, 6) is 1.76. The van der Waals surface area contributed by atoms with Crippen LogP contribution in [0, 0.1) is 11.8 Å². The molecule has 3 aliphatic heterocycles. The van der Waals surface area contributed by atoms with Gasteiger partial charge < -0.3 is 10.5 Å². The quantitative estimate of drug-likeness (QED) is 0.776. The number of halogens is 1. The lowest BCUT2D eigenvalue weighted by Crippen LogP contribution is -2.46. The Kier molecular flexibility index (Phi) is 5.90. The van der Waals surface area contributed by atoms with Crippen molar-refractivity contribution in [2.24, 2.45) is 17.6 Å². The maximum atomic E-state index is 10.9. The molecule has 3 heterocycles. The standard InChI is InChI=1S/C21H30ClN3O2/c22-19-8-16(5-7-20(19)27-14-21(23)26)9-24-10-17-4-6-18(13-24)25(12-17)11-15-2-1-3-15/h5,7-8,15,17-18H,1-4,6,9-14H2,(H2,23,26)/t17-,18+/m1/s1. The lowest BCUT2D eigenvalue weighted by Gasteiger charge is -2.40. The highest BCUT2D eigenvalue weighted by molar-refractivity contribution is 6.32. The van der Waals surface area contributed by atoms with Crippen LogP contribution in [-0.4, -0.2) is 54.5 Å². The molecule has 0 spiro atoms. The normalized spacial score (nSPS) is 26.6. The van der Waals surface area contributed by atoms with Gasteiger partial charge in [0, 0.05) is 38.8 Å². The number of nitrogens with zero attached hydrogens (tertiary/aromatic N) is 2. The van der Waals surface area contributed by atoms with Crippen molar-refractivity contribution in [2.45, 2.75) is 44.7 Å². The van der Waals surface area contributed by atoms with E-state index in [-0.39, 0.29) is 6.61 Å². The van der Waals surface area contributed by atoms with Crippen molar-refractivity contribution in [1.29, 1.82) is 0 Å². The van der Waals surface area contributed by atoms with Gasteiger partial charge in [-0.05, 0) is 55.2 Å². The minimum atomic E-state index is -0.498. The van der Waals surface area contributed by atoms with Gasteiger partial charge in [-0.2, -0.15) is 0 Å². The topological polar surface area (TPSA) is 58.8 Å². The van der Waals surface area contributed by atoms with E-state index in [1.807, 2.05) is 18.2 Å². The van der Waals surface area contributed by atoms with Crippen LogP contribution >= 0.6 is 11.6 Å². The van der Waals surface area contributed by atoms with E-state index in [4.69, 9.17) is 22.1 Å². The summed E-state index contributed by atoms with van der Waals surface area (Å²) in [7, 11) is 0. The molecule has 4 aliphatic rings. The molecule has 1 aromatic carbocycles. The van der Waals surface area contributed by atoms with Crippen molar-refractivity contribution in [2.75, 3.05) is 32.8 Å². The van der Waals surface area contributed by atoms with Crippen LogP contribution in [0.5, 0.6) is 5.75 Å². The third kappa shape index (κ3) is 4.76. The molecule has 1 aliphatic carbocycles. The summed E-state index contributed by atoms with van der Waals surface area (Å²) in [4.78, 5) is 16.3. The van der Waals surface area contributed by atoms with Gasteiger partial charge in [-0.1, -0.05) is 24.1 Å². The van der Waals surface area contributed by atoms with Crippen LogP contribution < -0.4 is 10.5 Å². The van der Waals surface area contributed by atoms with Gasteiger partial charge in [0.05, 0.1) is 5.02 Å². The van der Waals surface area contributed by atoms with Crippen LogP contribution in [-0.2, 0) is 11.3 Å². The average Bonchev–Trinajstić information content (AvgIpc) is 2.87. The largest absolute Gasteiger partial charge is 0.482 e. The molecule has 2 atom stereocenters. The van der Waals surface area contributed by atoms with Crippen LogP contribution in [0.3, 0.4) is 0 Å². The van der Waals surface area contributed by atoms with E-state index in [2.05, 4.69) is 9.80 Å². The smallest absolute Gasteiger partial charge is 0.255 e. The number of rotatable bonds is 7. The molecule has 27 heavy (non-hydrogen) atoms. The third-order valence-corrected chi connectivity index (χ3v) is 6.69. The first-order valence-electron chi connectivity index (χ1n) is 10.2. The highest BCUT2D eigenvalue weighted by atomic mass is 35.5. The molecule has 0 unspecified atom stereocenters. The zero-order valence-electron chi connectivity index (χ0n) is 15.9. The number of piperidine rings is 1. The molecule has 3 saturated heterocycles. The summed E-state index contributed by atoms with van der Waals surface area (Å²) >= 11 is 6.33. The van der Waals surface area contributed by atoms with Gasteiger partial charge in [0.25, 0.3) is 5.91 Å². The molecule has 5 rings (SSSR count). The van der Waals surface area contributed by atoms with E-state index in [1.54, 1.807) is 0 Å². The predicted molar refractivity (Wildman–Crippen MR) is 107 cm³/mol. The molecule has 1 amide bonds. The molecule has 0 radical (unpaired) electrons. The number of benzene rings is 1. The molecule has 2 N–H and O–H groups in total. The molecule has 1 saturated carbocycles. The summed E-state index contributed by atoms with van der Waals surface area (Å²) < 4.78 is 5.35. The number of fused-ring (bicyclic) bond motifs is 4. The van der Waals surface area contributed by atoms with Crippen LogP contribution in [0.25, 0.3) is 0 Å². The van der Waals surface area contributed by atoms with E-state index in [9.17, 15) is 4.79 Å².